The highest BCUT2D eigenvalue weighted by molar-refractivity contribution is 6.04. The summed E-state index contributed by atoms with van der Waals surface area (Å²) in [5.74, 6) is 1.49. The second-order valence-corrected chi connectivity index (χ2v) is 4.85. The SMILES string of the molecule is O=C1NC(=O)[C@H](Cc2ncnn2-c2ccc3c(c2)OCO3)N1. The predicted molar refractivity (Wildman–Crippen MR) is 71.6 cm³/mol. The molecule has 2 aliphatic rings. The summed E-state index contributed by atoms with van der Waals surface area (Å²) >= 11 is 0. The number of imide groups is 1. The van der Waals surface area contributed by atoms with Crippen molar-refractivity contribution in [2.24, 2.45) is 0 Å². The molecule has 0 spiro atoms. The first-order valence-corrected chi connectivity index (χ1v) is 6.61. The number of amides is 3. The number of fused-ring (bicyclic) bond motifs is 1. The van der Waals surface area contributed by atoms with Crippen molar-refractivity contribution in [3.63, 3.8) is 0 Å². The summed E-state index contributed by atoms with van der Waals surface area (Å²) in [5.41, 5.74) is 0.737. The maximum absolute atomic E-state index is 11.6. The number of hydrogen-bond donors (Lipinski definition) is 2. The van der Waals surface area contributed by atoms with Crippen LogP contribution in [-0.2, 0) is 11.2 Å². The molecule has 1 atom stereocenters. The zero-order chi connectivity index (χ0) is 15.1. The molecule has 9 heteroatoms. The van der Waals surface area contributed by atoms with Crippen LogP contribution >= 0.6 is 0 Å². The highest BCUT2D eigenvalue weighted by atomic mass is 16.7. The summed E-state index contributed by atoms with van der Waals surface area (Å²) in [7, 11) is 0. The van der Waals surface area contributed by atoms with E-state index in [-0.39, 0.29) is 19.1 Å². The molecule has 3 amide bonds. The van der Waals surface area contributed by atoms with Gasteiger partial charge in [-0.25, -0.2) is 14.5 Å². The molecule has 2 N–H and O–H groups in total. The van der Waals surface area contributed by atoms with E-state index >= 15 is 0 Å². The van der Waals surface area contributed by atoms with Crippen molar-refractivity contribution < 1.29 is 19.1 Å². The Morgan fingerprint density at radius 3 is 2.95 bits per heavy atom. The highest BCUT2D eigenvalue weighted by Crippen LogP contribution is 2.33. The Balaban J connectivity index is 1.63. The van der Waals surface area contributed by atoms with Crippen LogP contribution in [0.3, 0.4) is 0 Å². The largest absolute Gasteiger partial charge is 0.454 e. The molecule has 0 bridgehead atoms. The van der Waals surface area contributed by atoms with Crippen molar-refractivity contribution >= 4 is 11.9 Å². The quantitative estimate of drug-likeness (QED) is 0.757. The summed E-state index contributed by atoms with van der Waals surface area (Å²) in [6.07, 6.45) is 1.64. The first-order chi connectivity index (χ1) is 10.7. The van der Waals surface area contributed by atoms with Gasteiger partial charge in [0.05, 0.1) is 5.69 Å². The average molecular weight is 301 g/mol. The molecule has 0 radical (unpaired) electrons. The first-order valence-electron chi connectivity index (χ1n) is 6.61. The summed E-state index contributed by atoms with van der Waals surface area (Å²) in [6.45, 7) is 0.192. The van der Waals surface area contributed by atoms with E-state index in [1.165, 1.54) is 6.33 Å². The average Bonchev–Trinajstić information content (AvgIpc) is 3.19. The lowest BCUT2D eigenvalue weighted by atomic mass is 10.2. The fraction of sp³-hybridized carbons (Fsp3) is 0.231. The standard InChI is InChI=1S/C13H11N5O4/c19-12-8(16-13(20)17-12)4-11-14-5-15-18(11)7-1-2-9-10(3-7)22-6-21-9/h1-3,5,8H,4,6H2,(H2,16,17,19,20)/t8-/m0/s1. The number of carbonyl (C=O) groups excluding carboxylic acids is 2. The summed E-state index contributed by atoms with van der Waals surface area (Å²) in [6, 6.07) is 4.24. The van der Waals surface area contributed by atoms with Gasteiger partial charge in [-0.2, -0.15) is 5.10 Å². The Bertz CT molecular complexity index is 772. The van der Waals surface area contributed by atoms with Gasteiger partial charge in [0.1, 0.15) is 18.2 Å². The van der Waals surface area contributed by atoms with Crippen molar-refractivity contribution in [1.82, 2.24) is 25.4 Å². The predicted octanol–water partition coefficient (Wildman–Crippen LogP) is -0.254. The van der Waals surface area contributed by atoms with E-state index in [1.54, 1.807) is 16.8 Å². The van der Waals surface area contributed by atoms with E-state index in [0.717, 1.165) is 5.69 Å². The van der Waals surface area contributed by atoms with Gasteiger partial charge in [-0.15, -0.1) is 0 Å². The number of benzene rings is 1. The number of carbonyl (C=O) groups is 2. The van der Waals surface area contributed by atoms with Crippen LogP contribution in [0, 0.1) is 0 Å². The molecule has 1 aromatic heterocycles. The number of urea groups is 1. The van der Waals surface area contributed by atoms with Gasteiger partial charge < -0.3 is 14.8 Å². The number of aromatic nitrogens is 3. The molecular formula is C13H11N5O4. The van der Waals surface area contributed by atoms with Crippen LogP contribution in [0.25, 0.3) is 5.69 Å². The second-order valence-electron chi connectivity index (χ2n) is 4.85. The molecule has 1 saturated heterocycles. The number of nitrogens with zero attached hydrogens (tertiary/aromatic N) is 3. The Hall–Kier alpha value is -3.10. The zero-order valence-electron chi connectivity index (χ0n) is 11.3. The number of nitrogens with one attached hydrogen (secondary N) is 2. The third-order valence-electron chi connectivity index (χ3n) is 3.46. The van der Waals surface area contributed by atoms with E-state index in [1.807, 2.05) is 6.07 Å². The Morgan fingerprint density at radius 2 is 2.14 bits per heavy atom. The Kier molecular flexibility index (Phi) is 2.71. The number of hydrogen-bond acceptors (Lipinski definition) is 6. The van der Waals surface area contributed by atoms with Gasteiger partial charge in [-0.1, -0.05) is 0 Å². The van der Waals surface area contributed by atoms with E-state index in [2.05, 4.69) is 20.7 Å². The van der Waals surface area contributed by atoms with E-state index in [9.17, 15) is 9.59 Å². The van der Waals surface area contributed by atoms with Crippen molar-refractivity contribution in [3.8, 4) is 17.2 Å². The molecule has 2 aromatic rings. The summed E-state index contributed by atoms with van der Waals surface area (Å²) in [4.78, 5) is 26.9. The third kappa shape index (κ3) is 2.03. The van der Waals surface area contributed by atoms with E-state index < -0.39 is 12.1 Å². The fourth-order valence-corrected chi connectivity index (χ4v) is 2.42. The van der Waals surface area contributed by atoms with Crippen molar-refractivity contribution in [3.05, 3.63) is 30.4 Å². The topological polar surface area (TPSA) is 107 Å². The van der Waals surface area contributed by atoms with Crippen LogP contribution in [0.2, 0.25) is 0 Å². The monoisotopic (exact) mass is 301 g/mol. The molecule has 22 heavy (non-hydrogen) atoms. The third-order valence-corrected chi connectivity index (χ3v) is 3.46. The van der Waals surface area contributed by atoms with Gasteiger partial charge >= 0.3 is 6.03 Å². The van der Waals surface area contributed by atoms with Gasteiger partial charge in [-0.05, 0) is 12.1 Å². The number of rotatable bonds is 3. The molecule has 1 fully saturated rings. The van der Waals surface area contributed by atoms with E-state index in [4.69, 9.17) is 9.47 Å². The minimum absolute atomic E-state index is 0.192. The lowest BCUT2D eigenvalue weighted by molar-refractivity contribution is -0.120. The molecule has 0 aliphatic carbocycles. The maximum Gasteiger partial charge on any atom is 0.322 e. The van der Waals surface area contributed by atoms with E-state index in [0.29, 0.717) is 17.3 Å². The highest BCUT2D eigenvalue weighted by Gasteiger charge is 2.31. The first kappa shape index (κ1) is 12.6. The molecule has 0 saturated carbocycles. The summed E-state index contributed by atoms with van der Waals surface area (Å²) in [5, 5.41) is 8.89. The molecular weight excluding hydrogens is 290 g/mol. The van der Waals surface area contributed by atoms with Crippen LogP contribution < -0.4 is 20.1 Å². The molecule has 1 aromatic carbocycles. The van der Waals surface area contributed by atoms with Gasteiger partial charge in [-0.3, -0.25) is 10.1 Å². The van der Waals surface area contributed by atoms with Crippen molar-refractivity contribution in [1.29, 1.82) is 0 Å². The zero-order valence-corrected chi connectivity index (χ0v) is 11.3. The molecule has 3 heterocycles. The second kappa shape index (κ2) is 4.72. The van der Waals surface area contributed by atoms with Crippen LogP contribution in [-0.4, -0.2) is 39.5 Å². The smallest absolute Gasteiger partial charge is 0.322 e. The molecule has 2 aliphatic heterocycles. The van der Waals surface area contributed by atoms with Crippen LogP contribution in [0.4, 0.5) is 4.79 Å². The van der Waals surface area contributed by atoms with Gasteiger partial charge in [0.15, 0.2) is 11.5 Å². The lowest BCUT2D eigenvalue weighted by Crippen LogP contribution is -2.32. The Labute approximate surface area is 124 Å². The number of ether oxygens (including phenoxy) is 2. The van der Waals surface area contributed by atoms with Gasteiger partial charge in [0.2, 0.25) is 6.79 Å². The fourth-order valence-electron chi connectivity index (χ4n) is 2.42. The van der Waals surface area contributed by atoms with Crippen molar-refractivity contribution in [2.75, 3.05) is 6.79 Å². The summed E-state index contributed by atoms with van der Waals surface area (Å²) < 4.78 is 12.2. The van der Waals surface area contributed by atoms with Crippen molar-refractivity contribution in [2.45, 2.75) is 12.5 Å². The maximum atomic E-state index is 11.6. The Morgan fingerprint density at radius 1 is 1.27 bits per heavy atom. The minimum atomic E-state index is -0.649. The minimum Gasteiger partial charge on any atom is -0.454 e. The van der Waals surface area contributed by atoms with Gasteiger partial charge in [0.25, 0.3) is 5.91 Å². The van der Waals surface area contributed by atoms with Crippen LogP contribution in [0.15, 0.2) is 24.5 Å². The van der Waals surface area contributed by atoms with Crippen LogP contribution in [0.1, 0.15) is 5.82 Å². The van der Waals surface area contributed by atoms with Crippen LogP contribution in [0.5, 0.6) is 11.5 Å². The molecule has 4 rings (SSSR count). The molecule has 0 unspecified atom stereocenters. The normalized spacial score (nSPS) is 19.2. The molecule has 9 nitrogen and oxygen atoms in total. The lowest BCUT2D eigenvalue weighted by Gasteiger charge is -2.09. The molecule has 112 valence electrons. The van der Waals surface area contributed by atoms with Gasteiger partial charge in [0, 0.05) is 12.5 Å².